The monoisotopic (exact) mass is 148 g/mol. The Labute approximate surface area is 60.6 Å². The molecule has 1 rings (SSSR count). The summed E-state index contributed by atoms with van der Waals surface area (Å²) in [6.07, 6.45) is 2.35. The van der Waals surface area contributed by atoms with E-state index in [1.165, 1.54) is 0 Å². The molecule has 2 heteroatoms. The quantitative estimate of drug-likeness (QED) is 0.495. The van der Waals surface area contributed by atoms with E-state index in [1.54, 1.807) is 13.8 Å². The summed E-state index contributed by atoms with van der Waals surface area (Å²) < 4.78 is 26.0. The largest absolute Gasteiger partial charge is 0.253 e. The Balaban J connectivity index is 2.63. The lowest BCUT2D eigenvalue weighted by Crippen LogP contribution is -2.37. The Kier molecular flexibility index (Phi) is 1.97. The molecule has 60 valence electrons. The molecule has 0 N–H and O–H groups in total. The van der Waals surface area contributed by atoms with E-state index < -0.39 is 17.8 Å². The summed E-state index contributed by atoms with van der Waals surface area (Å²) in [6, 6.07) is 0. The van der Waals surface area contributed by atoms with Gasteiger partial charge in [-0.05, 0) is 12.8 Å². The summed E-state index contributed by atoms with van der Waals surface area (Å²) >= 11 is 0. The van der Waals surface area contributed by atoms with E-state index in [2.05, 4.69) is 0 Å². The second-order valence-electron chi connectivity index (χ2n) is 3.41. The number of halogens is 2. The van der Waals surface area contributed by atoms with E-state index in [4.69, 9.17) is 0 Å². The zero-order valence-corrected chi connectivity index (χ0v) is 6.53. The topological polar surface area (TPSA) is 0 Å². The van der Waals surface area contributed by atoms with E-state index in [1.807, 2.05) is 0 Å². The van der Waals surface area contributed by atoms with Crippen LogP contribution in [0.3, 0.4) is 0 Å². The van der Waals surface area contributed by atoms with Crippen LogP contribution >= 0.6 is 0 Å². The fraction of sp³-hybridized carbons (Fsp3) is 1.00. The van der Waals surface area contributed by atoms with Crippen molar-refractivity contribution in [3.63, 3.8) is 0 Å². The highest BCUT2D eigenvalue weighted by Crippen LogP contribution is 2.41. The van der Waals surface area contributed by atoms with Crippen LogP contribution in [0, 0.1) is 11.8 Å². The SMILES string of the molecule is C[C@@H]1CCC[C@H](C)C1(F)F. The van der Waals surface area contributed by atoms with E-state index in [-0.39, 0.29) is 0 Å². The van der Waals surface area contributed by atoms with Crippen molar-refractivity contribution in [2.45, 2.75) is 39.0 Å². The highest BCUT2D eigenvalue weighted by atomic mass is 19.3. The molecule has 2 atom stereocenters. The first-order valence-electron chi connectivity index (χ1n) is 3.93. The molecule has 0 aromatic heterocycles. The average molecular weight is 148 g/mol. The van der Waals surface area contributed by atoms with Gasteiger partial charge in [-0.15, -0.1) is 0 Å². The molecule has 1 aliphatic carbocycles. The van der Waals surface area contributed by atoms with Gasteiger partial charge in [-0.2, -0.15) is 0 Å². The highest BCUT2D eigenvalue weighted by Gasteiger charge is 2.44. The van der Waals surface area contributed by atoms with Crippen LogP contribution < -0.4 is 0 Å². The predicted octanol–water partition coefficient (Wildman–Crippen LogP) is 3.08. The van der Waals surface area contributed by atoms with Crippen molar-refractivity contribution in [1.82, 2.24) is 0 Å². The fourth-order valence-corrected chi connectivity index (χ4v) is 1.60. The Hall–Kier alpha value is -0.140. The molecule has 0 nitrogen and oxygen atoms in total. The standard InChI is InChI=1S/C8H14F2/c1-6-4-3-5-7(2)8(6,9)10/h6-7H,3-5H2,1-2H3/t6-,7+. The van der Waals surface area contributed by atoms with Gasteiger partial charge in [-0.25, -0.2) is 8.78 Å². The van der Waals surface area contributed by atoms with Crippen LogP contribution in [0.5, 0.6) is 0 Å². The van der Waals surface area contributed by atoms with Gasteiger partial charge in [0, 0.05) is 11.8 Å². The number of alkyl halides is 2. The predicted molar refractivity (Wildman–Crippen MR) is 37.1 cm³/mol. The highest BCUT2D eigenvalue weighted by molar-refractivity contribution is 4.83. The first-order valence-corrected chi connectivity index (χ1v) is 3.93. The lowest BCUT2D eigenvalue weighted by molar-refractivity contribution is -0.119. The van der Waals surface area contributed by atoms with Crippen molar-refractivity contribution in [3.8, 4) is 0 Å². The number of hydrogen-bond donors (Lipinski definition) is 0. The zero-order valence-electron chi connectivity index (χ0n) is 6.53. The van der Waals surface area contributed by atoms with Crippen molar-refractivity contribution >= 4 is 0 Å². The molecule has 1 saturated carbocycles. The van der Waals surface area contributed by atoms with Crippen LogP contribution in [0.1, 0.15) is 33.1 Å². The summed E-state index contributed by atoms with van der Waals surface area (Å²) in [6.45, 7) is 3.30. The van der Waals surface area contributed by atoms with Gasteiger partial charge in [0.25, 0.3) is 5.92 Å². The maximum atomic E-state index is 13.0. The van der Waals surface area contributed by atoms with Gasteiger partial charge in [0.15, 0.2) is 0 Å². The molecule has 0 radical (unpaired) electrons. The molecule has 1 aliphatic rings. The Morgan fingerprint density at radius 1 is 1.10 bits per heavy atom. The first-order chi connectivity index (χ1) is 4.55. The second kappa shape index (κ2) is 2.48. The summed E-state index contributed by atoms with van der Waals surface area (Å²) in [5.41, 5.74) is 0. The molecule has 0 heterocycles. The lowest BCUT2D eigenvalue weighted by Gasteiger charge is -2.34. The van der Waals surface area contributed by atoms with Crippen molar-refractivity contribution in [2.75, 3.05) is 0 Å². The minimum Gasteiger partial charge on any atom is -0.206 e. The van der Waals surface area contributed by atoms with E-state index in [9.17, 15) is 8.78 Å². The summed E-state index contributed by atoms with van der Waals surface area (Å²) in [5.74, 6) is -3.22. The minimum atomic E-state index is -2.40. The molecule has 0 amide bonds. The average Bonchev–Trinajstić information content (AvgIpc) is 1.84. The molecule has 0 spiro atoms. The first kappa shape index (κ1) is 7.96. The molecule has 0 aliphatic heterocycles. The van der Waals surface area contributed by atoms with Crippen LogP contribution in [0.15, 0.2) is 0 Å². The fourth-order valence-electron chi connectivity index (χ4n) is 1.60. The van der Waals surface area contributed by atoms with Gasteiger partial charge >= 0.3 is 0 Å². The molecule has 0 aromatic rings. The van der Waals surface area contributed by atoms with Crippen LogP contribution in [0.25, 0.3) is 0 Å². The van der Waals surface area contributed by atoms with Gasteiger partial charge in [0.2, 0.25) is 0 Å². The van der Waals surface area contributed by atoms with Crippen LogP contribution in [-0.4, -0.2) is 5.92 Å². The lowest BCUT2D eigenvalue weighted by atomic mass is 9.80. The Bertz CT molecular complexity index is 108. The maximum absolute atomic E-state index is 13.0. The Morgan fingerprint density at radius 2 is 1.50 bits per heavy atom. The van der Waals surface area contributed by atoms with Crippen LogP contribution in [-0.2, 0) is 0 Å². The van der Waals surface area contributed by atoms with Gasteiger partial charge < -0.3 is 0 Å². The van der Waals surface area contributed by atoms with Crippen molar-refractivity contribution in [3.05, 3.63) is 0 Å². The Morgan fingerprint density at radius 3 is 1.80 bits per heavy atom. The third-order valence-electron chi connectivity index (χ3n) is 2.59. The van der Waals surface area contributed by atoms with Crippen molar-refractivity contribution in [1.29, 1.82) is 0 Å². The second-order valence-corrected chi connectivity index (χ2v) is 3.41. The molecule has 0 unspecified atom stereocenters. The molecule has 10 heavy (non-hydrogen) atoms. The van der Waals surface area contributed by atoms with Gasteiger partial charge in [0.05, 0.1) is 0 Å². The summed E-state index contributed by atoms with van der Waals surface area (Å²) in [7, 11) is 0. The third-order valence-corrected chi connectivity index (χ3v) is 2.59. The summed E-state index contributed by atoms with van der Waals surface area (Å²) in [5, 5.41) is 0. The van der Waals surface area contributed by atoms with Crippen LogP contribution in [0.4, 0.5) is 8.78 Å². The molecule has 0 bridgehead atoms. The van der Waals surface area contributed by atoms with Crippen molar-refractivity contribution < 1.29 is 8.78 Å². The zero-order chi connectivity index (χ0) is 7.78. The number of hydrogen-bond acceptors (Lipinski definition) is 0. The molecular formula is C8H14F2. The van der Waals surface area contributed by atoms with Gasteiger partial charge in [-0.1, -0.05) is 20.3 Å². The number of rotatable bonds is 0. The van der Waals surface area contributed by atoms with Gasteiger partial charge in [0.1, 0.15) is 0 Å². The molecular weight excluding hydrogens is 134 g/mol. The summed E-state index contributed by atoms with van der Waals surface area (Å²) in [4.78, 5) is 0. The molecule has 0 aromatic carbocycles. The smallest absolute Gasteiger partial charge is 0.206 e. The van der Waals surface area contributed by atoms with E-state index >= 15 is 0 Å². The normalized spacial score (nSPS) is 39.6. The third kappa shape index (κ3) is 1.16. The van der Waals surface area contributed by atoms with Gasteiger partial charge in [-0.3, -0.25) is 0 Å². The van der Waals surface area contributed by atoms with Crippen LogP contribution in [0.2, 0.25) is 0 Å². The molecule has 1 fully saturated rings. The van der Waals surface area contributed by atoms with E-state index in [0.717, 1.165) is 6.42 Å². The maximum Gasteiger partial charge on any atom is 0.253 e. The van der Waals surface area contributed by atoms with Crippen molar-refractivity contribution in [2.24, 2.45) is 11.8 Å². The minimum absolute atomic E-state index is 0.406. The van der Waals surface area contributed by atoms with E-state index in [0.29, 0.717) is 12.8 Å². The molecule has 0 saturated heterocycles.